The highest BCUT2D eigenvalue weighted by Crippen LogP contribution is 2.31. The molecule has 9 nitrogen and oxygen atoms in total. The summed E-state index contributed by atoms with van der Waals surface area (Å²) in [5.41, 5.74) is 4.04. The molecule has 3 N–H and O–H groups in total. The Morgan fingerprint density at radius 3 is 2.36 bits per heavy atom. The number of carbonyl (C=O) groups excluding carboxylic acids is 1. The van der Waals surface area contributed by atoms with Gasteiger partial charge in [0.1, 0.15) is 18.0 Å². The largest absolute Gasteiger partial charge is 0.355 e. The van der Waals surface area contributed by atoms with Crippen molar-refractivity contribution in [2.45, 2.75) is 0 Å². The molecule has 3 aromatic rings. The number of para-hydroxylation sites is 1. The Hall–Kier alpha value is -4.15. The first-order chi connectivity index (χ1) is 13.5. The molecule has 0 aliphatic rings. The van der Waals surface area contributed by atoms with E-state index in [1.54, 1.807) is 6.07 Å². The first-order valence-corrected chi connectivity index (χ1v) is 7.78. The van der Waals surface area contributed by atoms with Crippen molar-refractivity contribution in [2.24, 2.45) is 0 Å². The van der Waals surface area contributed by atoms with Crippen molar-refractivity contribution in [3.8, 4) is 0 Å². The summed E-state index contributed by atoms with van der Waals surface area (Å²) in [5.74, 6) is -2.41. The van der Waals surface area contributed by atoms with Gasteiger partial charge < -0.3 is 5.32 Å². The van der Waals surface area contributed by atoms with Gasteiger partial charge in [-0.25, -0.2) is 18.7 Å². The minimum absolute atomic E-state index is 0.0226. The van der Waals surface area contributed by atoms with Crippen molar-refractivity contribution in [2.75, 3.05) is 10.7 Å². The van der Waals surface area contributed by atoms with Crippen LogP contribution in [0.5, 0.6) is 0 Å². The lowest BCUT2D eigenvalue weighted by Gasteiger charge is -2.11. The fraction of sp³-hybridized carbons (Fsp3) is 0. The molecule has 1 aromatic heterocycles. The molecule has 0 atom stereocenters. The molecule has 11 heteroatoms. The Kier molecular flexibility index (Phi) is 5.35. The van der Waals surface area contributed by atoms with Gasteiger partial charge in [-0.1, -0.05) is 12.1 Å². The Labute approximate surface area is 156 Å². The maximum Gasteiger partial charge on any atom is 0.355 e. The quantitative estimate of drug-likeness (QED) is 0.439. The molecule has 0 bridgehead atoms. The lowest BCUT2D eigenvalue weighted by Crippen LogP contribution is -2.30. The van der Waals surface area contributed by atoms with Crippen LogP contribution < -0.4 is 16.2 Å². The van der Waals surface area contributed by atoms with Crippen LogP contribution in [0.1, 0.15) is 10.4 Å². The molecule has 3 rings (SSSR count). The number of nitrogens with one attached hydrogen (secondary N) is 3. The van der Waals surface area contributed by atoms with E-state index < -0.39 is 28.2 Å². The molecule has 0 aliphatic heterocycles. The number of carbonyl (C=O) groups is 1. The zero-order valence-corrected chi connectivity index (χ0v) is 14.0. The number of aromatic nitrogens is 2. The Bertz CT molecular complexity index is 1030. The monoisotopic (exact) mass is 386 g/mol. The van der Waals surface area contributed by atoms with Crippen molar-refractivity contribution in [3.05, 3.63) is 82.2 Å². The molecule has 28 heavy (non-hydrogen) atoms. The summed E-state index contributed by atoms with van der Waals surface area (Å²) in [6, 6.07) is 10.2. The maximum atomic E-state index is 13.8. The van der Waals surface area contributed by atoms with E-state index in [4.69, 9.17) is 0 Å². The first kappa shape index (κ1) is 18.6. The molecule has 0 fully saturated rings. The molecule has 1 amide bonds. The van der Waals surface area contributed by atoms with Gasteiger partial charge in [-0.2, -0.15) is 0 Å². The minimum Gasteiger partial charge on any atom is -0.332 e. The fourth-order valence-corrected chi connectivity index (χ4v) is 2.21. The SMILES string of the molecule is O=C(NNc1ncnc(Nc2ccccc2F)c1[N+](=O)[O-])c1ccc(F)cc1. The summed E-state index contributed by atoms with van der Waals surface area (Å²) in [4.78, 5) is 30.2. The summed E-state index contributed by atoms with van der Waals surface area (Å²) in [6.07, 6.45) is 1.00. The molecule has 0 spiro atoms. The smallest absolute Gasteiger partial charge is 0.332 e. The Balaban J connectivity index is 1.83. The van der Waals surface area contributed by atoms with Crippen molar-refractivity contribution in [3.63, 3.8) is 0 Å². The van der Waals surface area contributed by atoms with E-state index >= 15 is 0 Å². The van der Waals surface area contributed by atoms with Crippen LogP contribution in [-0.4, -0.2) is 20.8 Å². The molecule has 0 radical (unpaired) electrons. The normalized spacial score (nSPS) is 10.2. The maximum absolute atomic E-state index is 13.8. The number of hydrogen-bond acceptors (Lipinski definition) is 7. The standard InChI is InChI=1S/C17H12F2N6O3/c18-11-7-5-10(6-8-11)17(26)24-23-16-14(25(27)28)15(20-9-21-16)22-13-4-2-1-3-12(13)19/h1-9H,(H,24,26)(H2,20,21,22,23). The highest BCUT2D eigenvalue weighted by molar-refractivity contribution is 5.95. The molecule has 2 aromatic carbocycles. The number of halogens is 2. The van der Waals surface area contributed by atoms with Crippen LogP contribution in [0.3, 0.4) is 0 Å². The molecular weight excluding hydrogens is 374 g/mol. The van der Waals surface area contributed by atoms with E-state index in [1.807, 2.05) is 0 Å². The second kappa shape index (κ2) is 8.03. The number of anilines is 3. The number of hydrogen-bond donors (Lipinski definition) is 3. The van der Waals surface area contributed by atoms with E-state index in [9.17, 15) is 23.7 Å². The van der Waals surface area contributed by atoms with Gasteiger partial charge in [-0.05, 0) is 36.4 Å². The predicted octanol–water partition coefficient (Wildman–Crippen LogP) is 3.16. The van der Waals surface area contributed by atoms with Crippen LogP contribution in [0.2, 0.25) is 0 Å². The third-order valence-electron chi connectivity index (χ3n) is 3.53. The van der Waals surface area contributed by atoms with Gasteiger partial charge in [0.2, 0.25) is 11.6 Å². The van der Waals surface area contributed by atoms with Crippen LogP contribution in [0.4, 0.5) is 31.8 Å². The van der Waals surface area contributed by atoms with Gasteiger partial charge >= 0.3 is 5.69 Å². The molecule has 0 aliphatic carbocycles. The van der Waals surface area contributed by atoms with Crippen LogP contribution in [0, 0.1) is 21.7 Å². The molecule has 1 heterocycles. The van der Waals surface area contributed by atoms with Crippen molar-refractivity contribution in [1.82, 2.24) is 15.4 Å². The summed E-state index contributed by atoms with van der Waals surface area (Å²) in [7, 11) is 0. The van der Waals surface area contributed by atoms with E-state index in [-0.39, 0.29) is 22.9 Å². The number of hydrazine groups is 1. The highest BCUT2D eigenvalue weighted by atomic mass is 19.1. The first-order valence-electron chi connectivity index (χ1n) is 7.78. The van der Waals surface area contributed by atoms with Gasteiger partial charge in [-0.15, -0.1) is 0 Å². The number of amides is 1. The second-order valence-corrected chi connectivity index (χ2v) is 5.37. The topological polar surface area (TPSA) is 122 Å². The zero-order valence-electron chi connectivity index (χ0n) is 14.0. The van der Waals surface area contributed by atoms with E-state index in [2.05, 4.69) is 26.1 Å². The summed E-state index contributed by atoms with van der Waals surface area (Å²) in [6.45, 7) is 0. The lowest BCUT2D eigenvalue weighted by molar-refractivity contribution is -0.383. The third kappa shape index (κ3) is 4.15. The average Bonchev–Trinajstić information content (AvgIpc) is 2.68. The van der Waals surface area contributed by atoms with Gasteiger partial charge in [0.05, 0.1) is 10.6 Å². The lowest BCUT2D eigenvalue weighted by atomic mass is 10.2. The van der Waals surface area contributed by atoms with Crippen molar-refractivity contribution < 1.29 is 18.5 Å². The van der Waals surface area contributed by atoms with Crippen molar-refractivity contribution >= 4 is 28.9 Å². The predicted molar refractivity (Wildman–Crippen MR) is 95.9 cm³/mol. The van der Waals surface area contributed by atoms with Crippen LogP contribution in [0.15, 0.2) is 54.9 Å². The zero-order chi connectivity index (χ0) is 20.1. The number of nitrogens with zero attached hydrogens (tertiary/aromatic N) is 3. The minimum atomic E-state index is -0.782. The summed E-state index contributed by atoms with van der Waals surface area (Å²) in [5, 5.41) is 14.0. The second-order valence-electron chi connectivity index (χ2n) is 5.37. The Morgan fingerprint density at radius 1 is 1.00 bits per heavy atom. The van der Waals surface area contributed by atoms with Gasteiger partial charge in [-0.3, -0.25) is 25.8 Å². The molecule has 142 valence electrons. The number of nitro groups is 1. The van der Waals surface area contributed by atoms with Gasteiger partial charge in [0.15, 0.2) is 0 Å². The molecule has 0 saturated carbocycles. The van der Waals surface area contributed by atoms with E-state index in [0.717, 1.165) is 18.5 Å². The Morgan fingerprint density at radius 2 is 1.68 bits per heavy atom. The molecular formula is C17H12F2N6O3. The highest BCUT2D eigenvalue weighted by Gasteiger charge is 2.24. The van der Waals surface area contributed by atoms with E-state index in [0.29, 0.717) is 0 Å². The number of benzene rings is 2. The summed E-state index contributed by atoms with van der Waals surface area (Å²) < 4.78 is 26.7. The van der Waals surface area contributed by atoms with Crippen LogP contribution >= 0.6 is 0 Å². The third-order valence-corrected chi connectivity index (χ3v) is 3.53. The number of rotatable bonds is 6. The van der Waals surface area contributed by atoms with Crippen molar-refractivity contribution in [1.29, 1.82) is 0 Å². The molecule has 0 unspecified atom stereocenters. The van der Waals surface area contributed by atoms with Crippen LogP contribution in [0.25, 0.3) is 0 Å². The molecule has 0 saturated heterocycles. The van der Waals surface area contributed by atoms with Crippen LogP contribution in [-0.2, 0) is 0 Å². The van der Waals surface area contributed by atoms with Gasteiger partial charge in [0.25, 0.3) is 5.91 Å². The summed E-state index contributed by atoms with van der Waals surface area (Å²) >= 11 is 0. The average molecular weight is 386 g/mol. The van der Waals surface area contributed by atoms with E-state index in [1.165, 1.54) is 30.3 Å². The fourth-order valence-electron chi connectivity index (χ4n) is 2.21. The van der Waals surface area contributed by atoms with Gasteiger partial charge in [0, 0.05) is 5.56 Å².